The largest absolute Gasteiger partial charge is 0.495 e. The van der Waals surface area contributed by atoms with Crippen LogP contribution in [0.3, 0.4) is 0 Å². The Balaban J connectivity index is 1.26. The molecular formula is C34H38N4O3. The molecule has 3 heterocycles. The number of ether oxygens (including phenoxy) is 1. The van der Waals surface area contributed by atoms with Crippen LogP contribution in [0.5, 0.6) is 5.75 Å². The van der Waals surface area contributed by atoms with Gasteiger partial charge >= 0.3 is 0 Å². The fourth-order valence-electron chi connectivity index (χ4n) is 6.30. The molecule has 1 fully saturated rings. The van der Waals surface area contributed by atoms with Crippen molar-refractivity contribution in [3.63, 3.8) is 0 Å². The van der Waals surface area contributed by atoms with Gasteiger partial charge in [0.15, 0.2) is 0 Å². The van der Waals surface area contributed by atoms with Crippen LogP contribution in [-0.4, -0.2) is 35.1 Å². The topological polar surface area (TPSA) is 92.2 Å². The fourth-order valence-corrected chi connectivity index (χ4v) is 6.30. The highest BCUT2D eigenvalue weighted by Gasteiger charge is 2.39. The summed E-state index contributed by atoms with van der Waals surface area (Å²) in [6.07, 6.45) is 9.78. The summed E-state index contributed by atoms with van der Waals surface area (Å²) in [6.45, 7) is 2.97. The highest BCUT2D eigenvalue weighted by Crippen LogP contribution is 2.38. The van der Waals surface area contributed by atoms with Crippen molar-refractivity contribution in [2.24, 2.45) is 0 Å². The first-order valence-electron chi connectivity index (χ1n) is 14.5. The van der Waals surface area contributed by atoms with Gasteiger partial charge in [-0.05, 0) is 55.7 Å². The van der Waals surface area contributed by atoms with Gasteiger partial charge < -0.3 is 19.5 Å². The molecule has 7 heteroatoms. The Labute approximate surface area is 240 Å². The van der Waals surface area contributed by atoms with E-state index in [2.05, 4.69) is 33.8 Å². The summed E-state index contributed by atoms with van der Waals surface area (Å²) in [4.78, 5) is 22.3. The van der Waals surface area contributed by atoms with Crippen molar-refractivity contribution >= 4 is 27.8 Å². The summed E-state index contributed by atoms with van der Waals surface area (Å²) in [7, 11) is 1.65. The van der Waals surface area contributed by atoms with Gasteiger partial charge in [-0.25, -0.2) is 0 Å². The molecule has 5 aromatic rings. The van der Waals surface area contributed by atoms with Crippen LogP contribution in [0.1, 0.15) is 56.0 Å². The summed E-state index contributed by atoms with van der Waals surface area (Å²) in [5.74, 6) is 1.51. The Bertz CT molecular complexity index is 1600. The van der Waals surface area contributed by atoms with Gasteiger partial charge in [-0.2, -0.15) is 0 Å². The van der Waals surface area contributed by atoms with E-state index in [1.807, 2.05) is 61.7 Å². The monoisotopic (exact) mass is 550 g/mol. The molecule has 1 amide bonds. The smallest absolute Gasteiger partial charge is 0.240 e. The molecule has 7 nitrogen and oxygen atoms in total. The van der Waals surface area contributed by atoms with Crippen molar-refractivity contribution in [2.45, 2.75) is 62.9 Å². The number of carbonyl (C=O) groups is 1. The zero-order chi connectivity index (χ0) is 28.3. The second-order valence-electron chi connectivity index (χ2n) is 11.6. The second-order valence-corrected chi connectivity index (χ2v) is 11.6. The number of aromatic nitrogens is 2. The van der Waals surface area contributed by atoms with Crippen LogP contribution in [0.2, 0.25) is 0 Å². The predicted molar refractivity (Wildman–Crippen MR) is 162 cm³/mol. The number of amides is 1. The number of H-pyrrole nitrogens is 1. The highest BCUT2D eigenvalue weighted by molar-refractivity contribution is 5.89. The van der Waals surface area contributed by atoms with Gasteiger partial charge in [-0.1, -0.05) is 55.7 Å². The Morgan fingerprint density at radius 1 is 1.07 bits per heavy atom. The van der Waals surface area contributed by atoms with Crippen LogP contribution < -0.4 is 15.4 Å². The van der Waals surface area contributed by atoms with Gasteiger partial charge in [-0.3, -0.25) is 15.1 Å². The number of rotatable bonds is 10. The quantitative estimate of drug-likeness (QED) is 0.186. The lowest BCUT2D eigenvalue weighted by molar-refractivity contribution is -0.127. The number of pyridine rings is 1. The molecule has 3 aromatic heterocycles. The molecule has 0 unspecified atom stereocenters. The number of hydrogen-bond acceptors (Lipinski definition) is 5. The first-order valence-corrected chi connectivity index (χ1v) is 14.5. The molecule has 0 aliphatic heterocycles. The minimum atomic E-state index is -0.882. The zero-order valence-corrected chi connectivity index (χ0v) is 23.8. The molecule has 1 aliphatic carbocycles. The van der Waals surface area contributed by atoms with Crippen molar-refractivity contribution in [1.82, 2.24) is 20.6 Å². The average molecular weight is 551 g/mol. The maximum atomic E-state index is 14.2. The van der Waals surface area contributed by atoms with Crippen molar-refractivity contribution in [3.05, 3.63) is 96.1 Å². The molecule has 6 rings (SSSR count). The van der Waals surface area contributed by atoms with Crippen LogP contribution in [0.15, 0.2) is 83.5 Å². The number of methoxy groups -OCH3 is 1. The van der Waals surface area contributed by atoms with Gasteiger partial charge in [0, 0.05) is 46.6 Å². The summed E-state index contributed by atoms with van der Waals surface area (Å²) in [5.41, 5.74) is 2.95. The molecule has 41 heavy (non-hydrogen) atoms. The molecule has 1 aliphatic rings. The summed E-state index contributed by atoms with van der Waals surface area (Å²) >= 11 is 0. The summed E-state index contributed by atoms with van der Waals surface area (Å²) < 4.78 is 11.4. The molecule has 0 spiro atoms. The number of nitrogens with zero attached hydrogens (tertiary/aromatic N) is 1. The molecule has 212 valence electrons. The van der Waals surface area contributed by atoms with Gasteiger partial charge in [0.05, 0.1) is 25.4 Å². The number of aromatic amines is 1. The predicted octanol–water partition coefficient (Wildman–Crippen LogP) is 6.43. The molecule has 3 N–H and O–H groups in total. The van der Waals surface area contributed by atoms with Crippen molar-refractivity contribution in [3.8, 4) is 5.75 Å². The first kappa shape index (κ1) is 27.1. The second kappa shape index (κ2) is 11.4. The average Bonchev–Trinajstić information content (AvgIpc) is 3.63. The van der Waals surface area contributed by atoms with Gasteiger partial charge in [0.2, 0.25) is 5.91 Å². The Morgan fingerprint density at radius 2 is 1.88 bits per heavy atom. The number of furan rings is 1. The van der Waals surface area contributed by atoms with E-state index in [0.717, 1.165) is 70.3 Å². The Kier molecular flexibility index (Phi) is 7.54. The van der Waals surface area contributed by atoms with Gasteiger partial charge in [0.1, 0.15) is 17.1 Å². The lowest BCUT2D eigenvalue weighted by atomic mass is 9.71. The van der Waals surface area contributed by atoms with Crippen LogP contribution in [0, 0.1) is 0 Å². The van der Waals surface area contributed by atoms with Gasteiger partial charge in [0.25, 0.3) is 0 Å². The number of nitrogens with one attached hydrogen (secondary N) is 3. The first-order chi connectivity index (χ1) is 20.0. The molecule has 0 bridgehead atoms. The van der Waals surface area contributed by atoms with E-state index in [1.165, 1.54) is 6.42 Å². The molecule has 1 atom stereocenters. The van der Waals surface area contributed by atoms with E-state index in [1.54, 1.807) is 13.3 Å². The molecule has 2 aromatic carbocycles. The van der Waals surface area contributed by atoms with Crippen molar-refractivity contribution in [1.29, 1.82) is 0 Å². The number of benzene rings is 2. The van der Waals surface area contributed by atoms with E-state index in [9.17, 15) is 4.79 Å². The zero-order valence-electron chi connectivity index (χ0n) is 23.8. The Morgan fingerprint density at radius 3 is 2.66 bits per heavy atom. The maximum Gasteiger partial charge on any atom is 0.240 e. The van der Waals surface area contributed by atoms with E-state index in [-0.39, 0.29) is 11.3 Å². The maximum absolute atomic E-state index is 14.2. The number of hydrogen-bond donors (Lipinski definition) is 3. The normalized spacial score (nSPS) is 16.4. The standard InChI is InChI=1S/C34H38N4O3/c1-33(19-25-20-35-29-12-6-5-11-28(25)29,38-22-27-18-24-10-4-7-13-30(24)41-27)32(39)37-23-34(16-8-3-9-17-34)31-15-14-26(40-2)21-36-31/h4-7,10-15,18,20-21,35,38H,3,8-9,16-17,19,22-23H2,1-2H3,(H,37,39)/t33-/m0/s1. The van der Waals surface area contributed by atoms with Crippen molar-refractivity contribution in [2.75, 3.05) is 13.7 Å². The van der Waals surface area contributed by atoms with Gasteiger partial charge in [-0.15, -0.1) is 0 Å². The van der Waals surface area contributed by atoms with Crippen molar-refractivity contribution < 1.29 is 13.9 Å². The highest BCUT2D eigenvalue weighted by atomic mass is 16.5. The summed E-state index contributed by atoms with van der Waals surface area (Å²) in [5, 5.41) is 9.13. The van der Waals surface area contributed by atoms with E-state index >= 15 is 0 Å². The third kappa shape index (κ3) is 5.59. The van der Waals surface area contributed by atoms with E-state index in [0.29, 0.717) is 19.5 Å². The minimum absolute atomic E-state index is 0.0302. The van der Waals surface area contributed by atoms with Crippen LogP contribution >= 0.6 is 0 Å². The molecule has 1 saturated carbocycles. The number of fused-ring (bicyclic) bond motifs is 2. The lowest BCUT2D eigenvalue weighted by Crippen LogP contribution is -2.58. The van der Waals surface area contributed by atoms with Crippen LogP contribution in [-0.2, 0) is 23.2 Å². The third-order valence-electron chi connectivity index (χ3n) is 8.76. The minimum Gasteiger partial charge on any atom is -0.495 e. The van der Waals surface area contributed by atoms with Crippen LogP contribution in [0.4, 0.5) is 0 Å². The third-order valence-corrected chi connectivity index (χ3v) is 8.76. The molecule has 0 saturated heterocycles. The van der Waals surface area contributed by atoms with E-state index in [4.69, 9.17) is 14.1 Å². The van der Waals surface area contributed by atoms with Crippen LogP contribution in [0.25, 0.3) is 21.9 Å². The lowest BCUT2D eigenvalue weighted by Gasteiger charge is -2.38. The Hall–Kier alpha value is -4.10. The molecular weight excluding hydrogens is 512 g/mol. The number of carbonyl (C=O) groups excluding carboxylic acids is 1. The van der Waals surface area contributed by atoms with E-state index < -0.39 is 5.54 Å². The fraction of sp³-hybridized carbons (Fsp3) is 0.353. The molecule has 0 radical (unpaired) electrons. The summed E-state index contributed by atoms with van der Waals surface area (Å²) in [6, 6.07) is 22.3. The SMILES string of the molecule is COc1ccc(C2(CNC(=O)[C@](C)(Cc3c[nH]c4ccccc34)NCc3cc4ccccc4o3)CCCCC2)nc1. The number of para-hydroxylation sites is 2.